The van der Waals surface area contributed by atoms with Crippen molar-refractivity contribution in [2.45, 2.75) is 51.1 Å². The van der Waals surface area contributed by atoms with Crippen LogP contribution in [0.4, 0.5) is 11.4 Å². The van der Waals surface area contributed by atoms with Gasteiger partial charge < -0.3 is 10.6 Å². The van der Waals surface area contributed by atoms with Gasteiger partial charge in [-0.3, -0.25) is 19.0 Å². The van der Waals surface area contributed by atoms with Crippen LogP contribution in [0.15, 0.2) is 52.4 Å². The molecule has 2 amide bonds. The van der Waals surface area contributed by atoms with Gasteiger partial charge in [0.15, 0.2) is 5.16 Å². The second-order valence-electron chi connectivity index (χ2n) is 8.20. The number of aromatic nitrogens is 2. The molecule has 174 valence electrons. The highest BCUT2D eigenvalue weighted by atomic mass is 35.5. The topological polar surface area (TPSA) is 93.1 Å². The number of benzene rings is 2. The van der Waals surface area contributed by atoms with Gasteiger partial charge in [0, 0.05) is 29.9 Å². The molecule has 2 N–H and O–H groups in total. The Balaban J connectivity index is 1.82. The molecule has 1 unspecified atom stereocenters. The van der Waals surface area contributed by atoms with Gasteiger partial charge in [0.2, 0.25) is 11.8 Å². The molecular weight excluding hydrogens is 460 g/mol. The number of halogens is 1. The number of hydrogen-bond acceptors (Lipinski definition) is 5. The highest BCUT2D eigenvalue weighted by Gasteiger charge is 2.20. The molecule has 2 aromatic carbocycles. The molecule has 0 saturated carbocycles. The Hall–Kier alpha value is -2.84. The number of nitrogens with zero attached hydrogens (tertiary/aromatic N) is 2. The lowest BCUT2D eigenvalue weighted by Crippen LogP contribution is -2.27. The molecule has 1 aromatic heterocycles. The molecule has 0 aliphatic rings. The molecule has 0 fully saturated rings. The number of hydrogen-bond donors (Lipinski definition) is 2. The third kappa shape index (κ3) is 6.58. The Bertz CT molecular complexity index is 1220. The van der Waals surface area contributed by atoms with E-state index in [0.29, 0.717) is 44.9 Å². The van der Waals surface area contributed by atoms with Gasteiger partial charge in [-0.15, -0.1) is 0 Å². The molecule has 1 atom stereocenters. The van der Waals surface area contributed by atoms with E-state index in [4.69, 9.17) is 11.6 Å². The van der Waals surface area contributed by atoms with Crippen molar-refractivity contribution >= 4 is 57.5 Å². The van der Waals surface area contributed by atoms with Crippen LogP contribution in [0.2, 0.25) is 5.02 Å². The zero-order valence-corrected chi connectivity index (χ0v) is 20.6. The van der Waals surface area contributed by atoms with E-state index in [2.05, 4.69) is 29.5 Å². The average molecular weight is 487 g/mol. The number of fused-ring (bicyclic) bond motifs is 1. The number of anilines is 2. The molecular formula is C24H27ClN4O3S. The summed E-state index contributed by atoms with van der Waals surface area (Å²) >= 11 is 7.34. The number of thioether (sulfide) groups is 1. The van der Waals surface area contributed by atoms with Gasteiger partial charge in [-0.05, 0) is 61.7 Å². The van der Waals surface area contributed by atoms with Crippen molar-refractivity contribution in [3.8, 4) is 0 Å². The van der Waals surface area contributed by atoms with E-state index in [0.717, 1.165) is 6.42 Å². The summed E-state index contributed by atoms with van der Waals surface area (Å²) in [5.41, 5.74) is 1.63. The Morgan fingerprint density at radius 2 is 1.70 bits per heavy atom. The van der Waals surface area contributed by atoms with Crippen LogP contribution in [0.25, 0.3) is 10.9 Å². The van der Waals surface area contributed by atoms with Crippen LogP contribution in [0.1, 0.15) is 34.1 Å². The standard InChI is InChI=1S/C24H27ClN4O3S/c1-14(2)11-12-29-23(32)20-10-5-17(25)13-21(20)28-24(29)33-15(3)22(31)27-19-8-6-18(7-9-19)26-16(4)30/h5-10,13-15H,11-12H2,1-4H3,(H,26,30)(H,27,31). The van der Waals surface area contributed by atoms with E-state index in [1.165, 1.54) is 18.7 Å². The van der Waals surface area contributed by atoms with Crippen LogP contribution in [-0.2, 0) is 16.1 Å². The van der Waals surface area contributed by atoms with Crippen molar-refractivity contribution in [2.75, 3.05) is 10.6 Å². The van der Waals surface area contributed by atoms with E-state index in [1.54, 1.807) is 54.0 Å². The second kappa shape index (κ2) is 10.9. The summed E-state index contributed by atoms with van der Waals surface area (Å²) in [6.07, 6.45) is 0.815. The maximum absolute atomic E-state index is 13.2. The smallest absolute Gasteiger partial charge is 0.262 e. The molecule has 0 bridgehead atoms. The first kappa shape index (κ1) is 24.8. The van der Waals surface area contributed by atoms with Gasteiger partial charge in [-0.25, -0.2) is 4.98 Å². The van der Waals surface area contributed by atoms with Crippen LogP contribution in [0.5, 0.6) is 0 Å². The summed E-state index contributed by atoms with van der Waals surface area (Å²) in [4.78, 5) is 41.8. The number of nitrogens with one attached hydrogen (secondary N) is 2. The Labute approximate surface area is 201 Å². The molecule has 3 aromatic rings. The van der Waals surface area contributed by atoms with E-state index in [9.17, 15) is 14.4 Å². The molecule has 33 heavy (non-hydrogen) atoms. The van der Waals surface area contributed by atoms with Gasteiger partial charge in [0.25, 0.3) is 5.56 Å². The third-order valence-corrected chi connectivity index (χ3v) is 6.26. The minimum Gasteiger partial charge on any atom is -0.326 e. The number of rotatable bonds is 8. The van der Waals surface area contributed by atoms with Crippen molar-refractivity contribution in [3.63, 3.8) is 0 Å². The van der Waals surface area contributed by atoms with E-state index in [-0.39, 0.29) is 17.4 Å². The normalized spacial score (nSPS) is 12.1. The lowest BCUT2D eigenvalue weighted by Gasteiger charge is -2.17. The van der Waals surface area contributed by atoms with E-state index in [1.807, 2.05) is 0 Å². The lowest BCUT2D eigenvalue weighted by molar-refractivity contribution is -0.115. The first-order chi connectivity index (χ1) is 15.6. The predicted octanol–water partition coefficient (Wildman–Crippen LogP) is 5.17. The zero-order chi connectivity index (χ0) is 24.1. The fraction of sp³-hybridized carbons (Fsp3) is 0.333. The zero-order valence-electron chi connectivity index (χ0n) is 19.0. The molecule has 0 aliphatic carbocycles. The first-order valence-electron chi connectivity index (χ1n) is 10.7. The van der Waals surface area contributed by atoms with Crippen molar-refractivity contribution in [3.05, 3.63) is 57.8 Å². The fourth-order valence-corrected chi connectivity index (χ4v) is 4.24. The maximum atomic E-state index is 13.2. The molecule has 7 nitrogen and oxygen atoms in total. The number of carbonyl (C=O) groups excluding carboxylic acids is 2. The number of amides is 2. The summed E-state index contributed by atoms with van der Waals surface area (Å²) in [6.45, 7) is 7.92. The quantitative estimate of drug-likeness (QED) is 0.338. The Morgan fingerprint density at radius 1 is 1.06 bits per heavy atom. The molecule has 0 radical (unpaired) electrons. The van der Waals surface area contributed by atoms with Gasteiger partial charge in [-0.2, -0.15) is 0 Å². The largest absolute Gasteiger partial charge is 0.326 e. The summed E-state index contributed by atoms with van der Waals surface area (Å²) in [7, 11) is 0. The molecule has 1 heterocycles. The van der Waals surface area contributed by atoms with Gasteiger partial charge in [0.1, 0.15) is 0 Å². The second-order valence-corrected chi connectivity index (χ2v) is 9.95. The molecule has 0 saturated heterocycles. The van der Waals surface area contributed by atoms with E-state index >= 15 is 0 Å². The third-order valence-electron chi connectivity index (χ3n) is 4.94. The molecule has 0 spiro atoms. The fourth-order valence-electron chi connectivity index (χ4n) is 3.14. The molecule has 9 heteroatoms. The predicted molar refractivity (Wildman–Crippen MR) is 135 cm³/mol. The number of carbonyl (C=O) groups is 2. The minimum absolute atomic E-state index is 0.138. The summed E-state index contributed by atoms with van der Waals surface area (Å²) in [6, 6.07) is 11.9. The van der Waals surface area contributed by atoms with Crippen molar-refractivity contribution in [2.24, 2.45) is 5.92 Å². The van der Waals surface area contributed by atoms with Crippen LogP contribution in [0, 0.1) is 5.92 Å². The van der Waals surface area contributed by atoms with Gasteiger partial charge in [0.05, 0.1) is 16.2 Å². The molecule has 3 rings (SSSR count). The summed E-state index contributed by atoms with van der Waals surface area (Å²) in [5.74, 6) is 0.0319. The average Bonchev–Trinajstić information content (AvgIpc) is 2.74. The summed E-state index contributed by atoms with van der Waals surface area (Å²) < 4.78 is 1.65. The summed E-state index contributed by atoms with van der Waals surface area (Å²) in [5, 5.41) is 6.53. The Morgan fingerprint density at radius 3 is 2.30 bits per heavy atom. The van der Waals surface area contributed by atoms with Crippen molar-refractivity contribution in [1.82, 2.24) is 9.55 Å². The van der Waals surface area contributed by atoms with Crippen LogP contribution >= 0.6 is 23.4 Å². The molecule has 0 aliphatic heterocycles. The maximum Gasteiger partial charge on any atom is 0.262 e. The van der Waals surface area contributed by atoms with Crippen LogP contribution in [0.3, 0.4) is 0 Å². The Kier molecular flexibility index (Phi) is 8.15. The van der Waals surface area contributed by atoms with Gasteiger partial charge >= 0.3 is 0 Å². The first-order valence-corrected chi connectivity index (χ1v) is 11.9. The lowest BCUT2D eigenvalue weighted by atomic mass is 10.1. The van der Waals surface area contributed by atoms with E-state index < -0.39 is 5.25 Å². The van der Waals surface area contributed by atoms with Crippen LogP contribution in [-0.4, -0.2) is 26.6 Å². The monoisotopic (exact) mass is 486 g/mol. The van der Waals surface area contributed by atoms with Crippen molar-refractivity contribution in [1.29, 1.82) is 0 Å². The minimum atomic E-state index is -0.506. The highest BCUT2D eigenvalue weighted by molar-refractivity contribution is 8.00. The van der Waals surface area contributed by atoms with Gasteiger partial charge in [-0.1, -0.05) is 37.2 Å². The SMILES string of the molecule is CC(=O)Nc1ccc(NC(=O)C(C)Sc2nc3cc(Cl)ccc3c(=O)n2CCC(C)C)cc1. The highest BCUT2D eigenvalue weighted by Crippen LogP contribution is 2.25. The van der Waals surface area contributed by atoms with Crippen LogP contribution < -0.4 is 16.2 Å². The van der Waals surface area contributed by atoms with Crippen molar-refractivity contribution < 1.29 is 9.59 Å².